The third-order valence-electron chi connectivity index (χ3n) is 2.32. The molecule has 13 heavy (non-hydrogen) atoms. The van der Waals surface area contributed by atoms with Gasteiger partial charge in [-0.05, 0) is 6.42 Å². The van der Waals surface area contributed by atoms with Gasteiger partial charge in [-0.25, -0.2) is 0 Å². The van der Waals surface area contributed by atoms with E-state index in [0.29, 0.717) is 0 Å². The molecule has 0 aliphatic heterocycles. The largest absolute Gasteiger partial charge is 0.322 e. The summed E-state index contributed by atoms with van der Waals surface area (Å²) in [5, 5.41) is 0. The van der Waals surface area contributed by atoms with Gasteiger partial charge >= 0.3 is 0 Å². The second kappa shape index (κ2) is 9.72. The van der Waals surface area contributed by atoms with E-state index in [-0.39, 0.29) is 6.04 Å². The van der Waals surface area contributed by atoms with Crippen LogP contribution >= 0.6 is 0 Å². The minimum Gasteiger partial charge on any atom is -0.322 e. The van der Waals surface area contributed by atoms with Gasteiger partial charge in [-0.2, -0.15) is 0 Å². The van der Waals surface area contributed by atoms with E-state index in [4.69, 9.17) is 5.73 Å². The van der Waals surface area contributed by atoms with Gasteiger partial charge in [0.1, 0.15) is 6.29 Å². The Morgan fingerprint density at radius 1 is 1.08 bits per heavy atom. The molecular formula is C11H23NO. The molecule has 1 unspecified atom stereocenters. The third-order valence-corrected chi connectivity index (χ3v) is 2.32. The van der Waals surface area contributed by atoms with Crippen molar-refractivity contribution in [2.75, 3.05) is 0 Å². The van der Waals surface area contributed by atoms with Gasteiger partial charge in [-0.15, -0.1) is 0 Å². The van der Waals surface area contributed by atoms with Crippen molar-refractivity contribution >= 4 is 6.29 Å². The van der Waals surface area contributed by atoms with Gasteiger partial charge in [0.2, 0.25) is 0 Å². The van der Waals surface area contributed by atoms with Crippen LogP contribution < -0.4 is 5.73 Å². The Kier molecular flexibility index (Phi) is 9.44. The van der Waals surface area contributed by atoms with Crippen LogP contribution in [0.25, 0.3) is 0 Å². The lowest BCUT2D eigenvalue weighted by atomic mass is 10.1. The number of carbonyl (C=O) groups is 1. The molecule has 0 heterocycles. The Hall–Kier alpha value is -0.370. The maximum Gasteiger partial charge on any atom is 0.136 e. The lowest BCUT2D eigenvalue weighted by Crippen LogP contribution is -2.20. The Bertz CT molecular complexity index is 115. The summed E-state index contributed by atoms with van der Waals surface area (Å²) in [6.07, 6.45) is 10.7. The van der Waals surface area contributed by atoms with Crippen LogP contribution in [0.15, 0.2) is 0 Å². The van der Waals surface area contributed by atoms with Crippen molar-refractivity contribution in [3.8, 4) is 0 Å². The molecule has 1 atom stereocenters. The lowest BCUT2D eigenvalue weighted by Gasteiger charge is -2.03. The summed E-state index contributed by atoms with van der Waals surface area (Å²) in [6.45, 7) is 2.23. The summed E-state index contributed by atoms with van der Waals surface area (Å²) in [4.78, 5) is 10.2. The highest BCUT2D eigenvalue weighted by atomic mass is 16.1. The Balaban J connectivity index is 2.95. The van der Waals surface area contributed by atoms with E-state index in [9.17, 15) is 4.79 Å². The lowest BCUT2D eigenvalue weighted by molar-refractivity contribution is -0.109. The first kappa shape index (κ1) is 12.6. The van der Waals surface area contributed by atoms with Crippen molar-refractivity contribution in [2.24, 2.45) is 5.73 Å². The van der Waals surface area contributed by atoms with Gasteiger partial charge in [0.15, 0.2) is 0 Å². The van der Waals surface area contributed by atoms with Crippen LogP contribution in [0, 0.1) is 0 Å². The highest BCUT2D eigenvalue weighted by Gasteiger charge is 1.98. The molecule has 0 saturated heterocycles. The van der Waals surface area contributed by atoms with Gasteiger partial charge in [0.25, 0.3) is 0 Å². The molecule has 2 nitrogen and oxygen atoms in total. The van der Waals surface area contributed by atoms with Crippen LogP contribution in [0.5, 0.6) is 0 Å². The zero-order valence-corrected chi connectivity index (χ0v) is 8.80. The highest BCUT2D eigenvalue weighted by molar-refractivity contribution is 5.56. The summed E-state index contributed by atoms with van der Waals surface area (Å²) in [5.41, 5.74) is 5.47. The van der Waals surface area contributed by atoms with Gasteiger partial charge in [-0.1, -0.05) is 51.9 Å². The maximum absolute atomic E-state index is 10.2. The fraction of sp³-hybridized carbons (Fsp3) is 0.909. The van der Waals surface area contributed by atoms with E-state index in [1.807, 2.05) is 0 Å². The quantitative estimate of drug-likeness (QED) is 0.443. The fourth-order valence-electron chi connectivity index (χ4n) is 1.41. The van der Waals surface area contributed by atoms with Gasteiger partial charge < -0.3 is 10.5 Å². The Morgan fingerprint density at radius 2 is 1.62 bits per heavy atom. The first-order valence-corrected chi connectivity index (χ1v) is 5.52. The molecule has 2 N–H and O–H groups in total. The van der Waals surface area contributed by atoms with Crippen molar-refractivity contribution in [1.82, 2.24) is 0 Å². The average Bonchev–Trinajstić information content (AvgIpc) is 2.16. The number of unbranched alkanes of at least 4 members (excludes halogenated alkanes) is 6. The molecule has 0 aromatic rings. The molecule has 0 aromatic heterocycles. The molecule has 0 amide bonds. The van der Waals surface area contributed by atoms with E-state index >= 15 is 0 Å². The van der Waals surface area contributed by atoms with Crippen LogP contribution in [0.3, 0.4) is 0 Å². The summed E-state index contributed by atoms with van der Waals surface area (Å²) in [7, 11) is 0. The van der Waals surface area contributed by atoms with Crippen molar-refractivity contribution in [1.29, 1.82) is 0 Å². The third kappa shape index (κ3) is 9.54. The molecule has 0 fully saturated rings. The molecule has 0 aromatic carbocycles. The summed E-state index contributed by atoms with van der Waals surface area (Å²) in [5.74, 6) is 0. The van der Waals surface area contributed by atoms with Crippen molar-refractivity contribution < 1.29 is 4.79 Å². The first-order valence-electron chi connectivity index (χ1n) is 5.52. The SMILES string of the molecule is CCCCCCCCCC(N)C=O. The number of hydrogen-bond acceptors (Lipinski definition) is 2. The summed E-state index contributed by atoms with van der Waals surface area (Å²) < 4.78 is 0. The fourth-order valence-corrected chi connectivity index (χ4v) is 1.41. The Labute approximate surface area is 81.9 Å². The molecular weight excluding hydrogens is 162 g/mol. The van der Waals surface area contributed by atoms with E-state index in [1.165, 1.54) is 38.5 Å². The van der Waals surface area contributed by atoms with Gasteiger partial charge in [-0.3, -0.25) is 0 Å². The first-order chi connectivity index (χ1) is 6.31. The zero-order valence-electron chi connectivity index (χ0n) is 8.80. The highest BCUT2D eigenvalue weighted by Crippen LogP contribution is 2.08. The molecule has 78 valence electrons. The molecule has 0 saturated carbocycles. The molecule has 0 bridgehead atoms. The molecule has 0 rings (SSSR count). The minimum atomic E-state index is -0.226. The standard InChI is InChI=1S/C11H23NO/c1-2-3-4-5-6-7-8-9-11(12)10-13/h10-11H,2-9,12H2,1H3. The van der Waals surface area contributed by atoms with Gasteiger partial charge in [0, 0.05) is 0 Å². The van der Waals surface area contributed by atoms with Crippen molar-refractivity contribution in [2.45, 2.75) is 64.3 Å². The maximum atomic E-state index is 10.2. The smallest absolute Gasteiger partial charge is 0.136 e. The number of rotatable bonds is 9. The molecule has 0 aliphatic rings. The topological polar surface area (TPSA) is 43.1 Å². The second-order valence-corrected chi connectivity index (χ2v) is 3.71. The molecule has 0 radical (unpaired) electrons. The number of nitrogens with two attached hydrogens (primary N) is 1. The van der Waals surface area contributed by atoms with Crippen molar-refractivity contribution in [3.05, 3.63) is 0 Å². The normalized spacial score (nSPS) is 12.8. The predicted octanol–water partition coefficient (Wildman–Crippen LogP) is 2.65. The molecule has 2 heteroatoms. The Morgan fingerprint density at radius 3 is 2.15 bits per heavy atom. The van der Waals surface area contributed by atoms with Crippen LogP contribution in [-0.2, 0) is 4.79 Å². The zero-order chi connectivity index (χ0) is 9.94. The minimum absolute atomic E-state index is 0.226. The van der Waals surface area contributed by atoms with Crippen LogP contribution in [-0.4, -0.2) is 12.3 Å². The monoisotopic (exact) mass is 185 g/mol. The summed E-state index contributed by atoms with van der Waals surface area (Å²) in [6, 6.07) is -0.226. The van der Waals surface area contributed by atoms with Crippen molar-refractivity contribution in [3.63, 3.8) is 0 Å². The van der Waals surface area contributed by atoms with Gasteiger partial charge in [0.05, 0.1) is 6.04 Å². The van der Waals surface area contributed by atoms with E-state index in [1.54, 1.807) is 0 Å². The summed E-state index contributed by atoms with van der Waals surface area (Å²) >= 11 is 0. The number of carbonyl (C=O) groups excluding carboxylic acids is 1. The van der Waals surface area contributed by atoms with Crippen LogP contribution in [0.2, 0.25) is 0 Å². The molecule has 0 aliphatic carbocycles. The van der Waals surface area contributed by atoms with Crippen LogP contribution in [0.4, 0.5) is 0 Å². The number of hydrogen-bond donors (Lipinski definition) is 1. The van der Waals surface area contributed by atoms with E-state index in [0.717, 1.165) is 19.1 Å². The second-order valence-electron chi connectivity index (χ2n) is 3.71. The molecule has 0 spiro atoms. The van der Waals surface area contributed by atoms with E-state index in [2.05, 4.69) is 6.92 Å². The number of aldehydes is 1. The van der Waals surface area contributed by atoms with E-state index < -0.39 is 0 Å². The average molecular weight is 185 g/mol. The van der Waals surface area contributed by atoms with Crippen LogP contribution in [0.1, 0.15) is 58.3 Å². The predicted molar refractivity (Wildman–Crippen MR) is 56.6 cm³/mol.